The summed E-state index contributed by atoms with van der Waals surface area (Å²) >= 11 is 0. The summed E-state index contributed by atoms with van der Waals surface area (Å²) in [6.45, 7) is 6.00. The maximum atomic E-state index is 12.5. The summed E-state index contributed by atoms with van der Waals surface area (Å²) in [6, 6.07) is 19.2. The van der Waals surface area contributed by atoms with Crippen LogP contribution in [0.3, 0.4) is 0 Å². The Bertz CT molecular complexity index is 977. The van der Waals surface area contributed by atoms with Gasteiger partial charge in [-0.1, -0.05) is 29.8 Å². The molecule has 1 aliphatic rings. The third-order valence-corrected chi connectivity index (χ3v) is 5.21. The highest BCUT2D eigenvalue weighted by Gasteiger charge is 2.16. The molecule has 1 aromatic heterocycles. The van der Waals surface area contributed by atoms with Crippen LogP contribution in [0.1, 0.15) is 15.9 Å². The predicted molar refractivity (Wildman–Crippen MR) is 116 cm³/mol. The van der Waals surface area contributed by atoms with Gasteiger partial charge in [0.2, 0.25) is 0 Å². The van der Waals surface area contributed by atoms with E-state index < -0.39 is 0 Å². The van der Waals surface area contributed by atoms with Crippen molar-refractivity contribution in [2.24, 2.45) is 0 Å². The van der Waals surface area contributed by atoms with E-state index >= 15 is 0 Å². The van der Waals surface area contributed by atoms with E-state index in [-0.39, 0.29) is 5.91 Å². The molecule has 0 atom stereocenters. The fourth-order valence-corrected chi connectivity index (χ4v) is 3.35. The van der Waals surface area contributed by atoms with Crippen molar-refractivity contribution in [3.05, 3.63) is 71.8 Å². The number of anilines is 2. The largest absolute Gasteiger partial charge is 0.353 e. The molecule has 6 nitrogen and oxygen atoms in total. The van der Waals surface area contributed by atoms with Crippen LogP contribution in [0.2, 0.25) is 0 Å². The van der Waals surface area contributed by atoms with Crippen molar-refractivity contribution in [1.29, 1.82) is 0 Å². The molecular formula is C23H25N5O. The summed E-state index contributed by atoms with van der Waals surface area (Å²) in [7, 11) is 2.14. The molecule has 1 N–H and O–H groups in total. The van der Waals surface area contributed by atoms with Gasteiger partial charge >= 0.3 is 0 Å². The van der Waals surface area contributed by atoms with Gasteiger partial charge in [0, 0.05) is 43.0 Å². The third kappa shape index (κ3) is 4.60. The highest BCUT2D eigenvalue weighted by Crippen LogP contribution is 2.22. The Morgan fingerprint density at radius 3 is 2.38 bits per heavy atom. The van der Waals surface area contributed by atoms with Gasteiger partial charge in [-0.05, 0) is 50.4 Å². The fourth-order valence-electron chi connectivity index (χ4n) is 3.35. The Labute approximate surface area is 171 Å². The maximum absolute atomic E-state index is 12.5. The van der Waals surface area contributed by atoms with E-state index in [1.54, 1.807) is 0 Å². The van der Waals surface area contributed by atoms with Gasteiger partial charge in [0.05, 0.1) is 5.69 Å². The van der Waals surface area contributed by atoms with Crippen LogP contribution in [0.5, 0.6) is 0 Å². The van der Waals surface area contributed by atoms with Crippen LogP contribution < -0.4 is 10.2 Å². The number of aromatic nitrogens is 2. The molecule has 0 saturated carbocycles. The quantitative estimate of drug-likeness (QED) is 0.743. The molecule has 0 spiro atoms. The molecule has 0 bridgehead atoms. The number of nitrogens with zero attached hydrogens (tertiary/aromatic N) is 4. The maximum Gasteiger partial charge on any atom is 0.255 e. The van der Waals surface area contributed by atoms with Crippen molar-refractivity contribution < 1.29 is 4.79 Å². The van der Waals surface area contributed by atoms with Crippen LogP contribution in [0.25, 0.3) is 11.3 Å². The minimum absolute atomic E-state index is 0.126. The summed E-state index contributed by atoms with van der Waals surface area (Å²) in [5.41, 5.74) is 4.20. The molecule has 3 aromatic rings. The number of hydrogen-bond donors (Lipinski definition) is 1. The molecule has 0 unspecified atom stereocenters. The number of hydrogen-bond acceptors (Lipinski definition) is 5. The van der Waals surface area contributed by atoms with Gasteiger partial charge in [-0.2, -0.15) is 0 Å². The number of likely N-dealkylation sites (N-methyl/N-ethyl adjacent to an activating group) is 1. The van der Waals surface area contributed by atoms with Crippen molar-refractivity contribution in [3.63, 3.8) is 0 Å². The second-order valence-electron chi connectivity index (χ2n) is 7.47. The Morgan fingerprint density at radius 2 is 1.69 bits per heavy atom. The van der Waals surface area contributed by atoms with Crippen LogP contribution >= 0.6 is 0 Å². The van der Waals surface area contributed by atoms with Crippen molar-refractivity contribution in [2.45, 2.75) is 6.92 Å². The van der Waals surface area contributed by atoms with Crippen LogP contribution in [0.4, 0.5) is 11.5 Å². The van der Waals surface area contributed by atoms with Gasteiger partial charge in [0.15, 0.2) is 5.82 Å². The zero-order valence-corrected chi connectivity index (χ0v) is 16.8. The second kappa shape index (κ2) is 8.41. The molecular weight excluding hydrogens is 362 g/mol. The number of benzene rings is 2. The van der Waals surface area contributed by atoms with E-state index in [2.05, 4.69) is 32.4 Å². The van der Waals surface area contributed by atoms with Crippen LogP contribution in [0.15, 0.2) is 60.7 Å². The molecule has 4 rings (SSSR count). The van der Waals surface area contributed by atoms with Gasteiger partial charge in [0.25, 0.3) is 5.91 Å². The highest BCUT2D eigenvalue weighted by molar-refractivity contribution is 6.04. The minimum atomic E-state index is -0.126. The lowest BCUT2D eigenvalue weighted by atomic mass is 10.1. The number of carbonyl (C=O) groups is 1. The van der Waals surface area contributed by atoms with E-state index in [4.69, 9.17) is 0 Å². The summed E-state index contributed by atoms with van der Waals surface area (Å²) < 4.78 is 0. The molecule has 2 heterocycles. The smallest absolute Gasteiger partial charge is 0.255 e. The van der Waals surface area contributed by atoms with E-state index in [1.165, 1.54) is 0 Å². The third-order valence-electron chi connectivity index (χ3n) is 5.21. The molecule has 148 valence electrons. The fraction of sp³-hybridized carbons (Fsp3) is 0.261. The Hall–Kier alpha value is -3.25. The lowest BCUT2D eigenvalue weighted by molar-refractivity contribution is 0.102. The van der Waals surface area contributed by atoms with Gasteiger partial charge < -0.3 is 15.1 Å². The number of amides is 1. The van der Waals surface area contributed by atoms with Crippen molar-refractivity contribution in [3.8, 4) is 11.3 Å². The second-order valence-corrected chi connectivity index (χ2v) is 7.47. The predicted octanol–water partition coefficient (Wildman–Crippen LogP) is 3.46. The lowest BCUT2D eigenvalue weighted by Crippen LogP contribution is -2.44. The van der Waals surface area contributed by atoms with Crippen molar-refractivity contribution in [2.75, 3.05) is 43.4 Å². The number of carbonyl (C=O) groups excluding carboxylic acids is 1. The van der Waals surface area contributed by atoms with Gasteiger partial charge in [0.1, 0.15) is 0 Å². The summed E-state index contributed by atoms with van der Waals surface area (Å²) in [4.78, 5) is 17.0. The first-order valence-corrected chi connectivity index (χ1v) is 9.84. The molecule has 2 aromatic carbocycles. The number of nitrogens with one attached hydrogen (secondary N) is 1. The summed E-state index contributed by atoms with van der Waals surface area (Å²) in [5.74, 6) is 0.782. The first-order chi connectivity index (χ1) is 14.1. The zero-order chi connectivity index (χ0) is 20.2. The average molecular weight is 387 g/mol. The van der Waals surface area contributed by atoms with E-state index in [1.807, 2.05) is 67.6 Å². The normalized spacial score (nSPS) is 14.6. The van der Waals surface area contributed by atoms with Gasteiger partial charge in [-0.3, -0.25) is 4.79 Å². The average Bonchev–Trinajstić information content (AvgIpc) is 2.75. The summed E-state index contributed by atoms with van der Waals surface area (Å²) in [6.07, 6.45) is 0. The number of aryl methyl sites for hydroxylation is 1. The molecule has 6 heteroatoms. The molecule has 29 heavy (non-hydrogen) atoms. The topological polar surface area (TPSA) is 61.4 Å². The Morgan fingerprint density at radius 1 is 0.931 bits per heavy atom. The first kappa shape index (κ1) is 19.1. The van der Waals surface area contributed by atoms with Crippen LogP contribution in [0, 0.1) is 6.92 Å². The molecule has 1 saturated heterocycles. The van der Waals surface area contributed by atoms with Crippen LogP contribution in [-0.4, -0.2) is 54.2 Å². The monoisotopic (exact) mass is 387 g/mol. The Kier molecular flexibility index (Phi) is 5.53. The van der Waals surface area contributed by atoms with E-state index in [0.717, 1.165) is 54.5 Å². The number of piperazine rings is 1. The lowest BCUT2D eigenvalue weighted by Gasteiger charge is -2.32. The van der Waals surface area contributed by atoms with E-state index in [9.17, 15) is 4.79 Å². The van der Waals surface area contributed by atoms with Crippen LogP contribution in [-0.2, 0) is 0 Å². The Balaban J connectivity index is 1.47. The SMILES string of the molecule is Cc1ccc(C(=O)Nc2cccc(-c3ccc(N4CCN(C)CC4)nn3)c2)cc1. The molecule has 0 radical (unpaired) electrons. The first-order valence-electron chi connectivity index (χ1n) is 9.84. The molecule has 1 fully saturated rings. The molecule has 1 amide bonds. The highest BCUT2D eigenvalue weighted by atomic mass is 16.1. The van der Waals surface area contributed by atoms with E-state index in [0.29, 0.717) is 5.56 Å². The molecule has 0 aliphatic carbocycles. The molecule has 1 aliphatic heterocycles. The van der Waals surface area contributed by atoms with Crippen molar-refractivity contribution in [1.82, 2.24) is 15.1 Å². The van der Waals surface area contributed by atoms with Crippen molar-refractivity contribution >= 4 is 17.4 Å². The van der Waals surface area contributed by atoms with Gasteiger partial charge in [-0.25, -0.2) is 0 Å². The van der Waals surface area contributed by atoms with Gasteiger partial charge in [-0.15, -0.1) is 10.2 Å². The number of rotatable bonds is 4. The minimum Gasteiger partial charge on any atom is -0.353 e. The summed E-state index contributed by atoms with van der Waals surface area (Å²) in [5, 5.41) is 11.8. The standard InChI is InChI=1S/C23H25N5O/c1-17-6-8-18(9-7-17)23(29)24-20-5-3-4-19(16-20)21-10-11-22(26-25-21)28-14-12-27(2)13-15-28/h3-11,16H,12-15H2,1-2H3,(H,24,29). The zero-order valence-electron chi connectivity index (χ0n) is 16.8.